The van der Waals surface area contributed by atoms with Crippen LogP contribution < -0.4 is 0 Å². The van der Waals surface area contributed by atoms with Crippen molar-refractivity contribution in [2.75, 3.05) is 0 Å². The van der Waals surface area contributed by atoms with Crippen LogP contribution in [0.1, 0.15) is 105 Å². The predicted molar refractivity (Wildman–Crippen MR) is 122 cm³/mol. The highest BCUT2D eigenvalue weighted by Gasteiger charge is 2.60. The Morgan fingerprint density at radius 2 is 1.86 bits per heavy atom. The normalized spacial score (nSPS) is 44.2. The molecule has 4 aliphatic rings. The molecule has 0 aromatic carbocycles. The van der Waals surface area contributed by atoms with Gasteiger partial charge in [0.05, 0.1) is 5.71 Å². The van der Waals surface area contributed by atoms with E-state index in [4.69, 9.17) is 0 Å². The summed E-state index contributed by atoms with van der Waals surface area (Å²) < 4.78 is 0. The second-order valence-corrected chi connectivity index (χ2v) is 12.1. The lowest BCUT2D eigenvalue weighted by molar-refractivity contribution is -0.0442. The van der Waals surface area contributed by atoms with E-state index < -0.39 is 0 Å². The third-order valence-electron chi connectivity index (χ3n) is 10.2. The number of oxime groups is 1. The highest BCUT2D eigenvalue weighted by atomic mass is 16.4. The first-order valence-electron chi connectivity index (χ1n) is 12.7. The van der Waals surface area contributed by atoms with E-state index in [-0.39, 0.29) is 5.41 Å². The van der Waals surface area contributed by atoms with Gasteiger partial charge in [0, 0.05) is 0 Å². The van der Waals surface area contributed by atoms with E-state index in [1.807, 2.05) is 0 Å². The lowest BCUT2D eigenvalue weighted by Crippen LogP contribution is -2.52. The molecule has 4 rings (SSSR count). The second-order valence-electron chi connectivity index (χ2n) is 12.1. The van der Waals surface area contributed by atoms with E-state index in [9.17, 15) is 5.21 Å². The van der Waals surface area contributed by atoms with Gasteiger partial charge in [0.1, 0.15) is 0 Å². The van der Waals surface area contributed by atoms with Crippen molar-refractivity contribution in [3.05, 3.63) is 11.6 Å². The van der Waals surface area contributed by atoms with E-state index in [1.54, 1.807) is 0 Å². The third-order valence-corrected chi connectivity index (χ3v) is 10.2. The molecule has 0 radical (unpaired) electrons. The molecule has 0 unspecified atom stereocenters. The number of hydrogen-bond donors (Lipinski definition) is 1. The first-order chi connectivity index (χ1) is 13.8. The Morgan fingerprint density at radius 3 is 2.59 bits per heavy atom. The molecule has 4 aliphatic carbocycles. The Hall–Kier alpha value is -0.790. The van der Waals surface area contributed by atoms with E-state index in [0.29, 0.717) is 5.41 Å². The molecular formula is C27H45NO. The molecule has 0 heterocycles. The van der Waals surface area contributed by atoms with Gasteiger partial charge < -0.3 is 5.21 Å². The van der Waals surface area contributed by atoms with E-state index >= 15 is 0 Å². The summed E-state index contributed by atoms with van der Waals surface area (Å²) in [7, 11) is 0. The van der Waals surface area contributed by atoms with E-state index in [2.05, 4.69) is 45.9 Å². The van der Waals surface area contributed by atoms with Crippen molar-refractivity contribution < 1.29 is 5.21 Å². The topological polar surface area (TPSA) is 32.6 Å². The van der Waals surface area contributed by atoms with Crippen LogP contribution in [0.3, 0.4) is 0 Å². The van der Waals surface area contributed by atoms with E-state index in [1.165, 1.54) is 69.8 Å². The number of fused-ring (bicyclic) bond motifs is 5. The van der Waals surface area contributed by atoms with Crippen LogP contribution in [0.2, 0.25) is 0 Å². The Bertz CT molecular complexity index is 663. The van der Waals surface area contributed by atoms with Gasteiger partial charge >= 0.3 is 0 Å². The molecule has 7 atom stereocenters. The van der Waals surface area contributed by atoms with Gasteiger partial charge in [-0.05, 0) is 103 Å². The van der Waals surface area contributed by atoms with Crippen molar-refractivity contribution in [2.45, 2.75) is 105 Å². The fourth-order valence-corrected chi connectivity index (χ4v) is 8.73. The third kappa shape index (κ3) is 3.51. The van der Waals surface area contributed by atoms with Gasteiger partial charge in [-0.2, -0.15) is 0 Å². The van der Waals surface area contributed by atoms with Gasteiger partial charge in [0.15, 0.2) is 0 Å². The molecule has 0 aliphatic heterocycles. The van der Waals surface area contributed by atoms with Gasteiger partial charge in [-0.3, -0.25) is 0 Å². The van der Waals surface area contributed by atoms with Crippen molar-refractivity contribution in [3.63, 3.8) is 0 Å². The van der Waals surface area contributed by atoms with E-state index in [0.717, 1.165) is 47.6 Å². The zero-order chi connectivity index (χ0) is 20.8. The van der Waals surface area contributed by atoms with Crippen molar-refractivity contribution in [2.24, 2.45) is 51.5 Å². The average Bonchev–Trinajstić information content (AvgIpc) is 3.04. The molecule has 0 bridgehead atoms. The summed E-state index contributed by atoms with van der Waals surface area (Å²) in [5.74, 6) is 4.94. The maximum atomic E-state index is 9.87. The lowest BCUT2D eigenvalue weighted by Gasteiger charge is -2.58. The molecule has 3 fully saturated rings. The minimum absolute atomic E-state index is 0.255. The van der Waals surface area contributed by atoms with Crippen LogP contribution >= 0.6 is 0 Å². The maximum Gasteiger partial charge on any atom is 0.0833 e. The smallest absolute Gasteiger partial charge is 0.0833 e. The van der Waals surface area contributed by atoms with Gasteiger partial charge in [-0.25, -0.2) is 0 Å². The molecule has 2 heteroatoms. The number of allylic oxidation sites excluding steroid dienone is 2. The maximum absolute atomic E-state index is 9.87. The Labute approximate surface area is 179 Å². The molecule has 0 spiro atoms. The minimum Gasteiger partial charge on any atom is -0.411 e. The summed E-state index contributed by atoms with van der Waals surface area (Å²) in [4.78, 5) is 0. The summed E-state index contributed by atoms with van der Waals surface area (Å²) >= 11 is 0. The number of nitrogens with zero attached hydrogens (tertiary/aromatic N) is 1. The Morgan fingerprint density at radius 1 is 1.07 bits per heavy atom. The first kappa shape index (κ1) is 21.4. The highest BCUT2D eigenvalue weighted by molar-refractivity contribution is 6.02. The van der Waals surface area contributed by atoms with Crippen LogP contribution in [-0.2, 0) is 0 Å². The molecule has 0 saturated heterocycles. The summed E-state index contributed by atoms with van der Waals surface area (Å²) in [5.41, 5.74) is 3.20. The fraction of sp³-hybridized carbons (Fsp3) is 0.889. The fourth-order valence-electron chi connectivity index (χ4n) is 8.73. The molecule has 1 N–H and O–H groups in total. The van der Waals surface area contributed by atoms with Crippen molar-refractivity contribution in [1.82, 2.24) is 0 Å². The SMILES string of the molecule is CC(C)CCC[C@@H](C)[C@H]1CC[C@H]2[C@@H]3C/C(=N/O)C4=CCCC[C@]4(C)[C@H]3CC[C@]12C. The zero-order valence-corrected chi connectivity index (χ0v) is 19.7. The highest BCUT2D eigenvalue weighted by Crippen LogP contribution is 2.67. The summed E-state index contributed by atoms with van der Waals surface area (Å²) in [5, 5.41) is 13.7. The van der Waals surface area contributed by atoms with Crippen molar-refractivity contribution >= 4 is 5.71 Å². The van der Waals surface area contributed by atoms with Crippen LogP contribution in [0.15, 0.2) is 16.8 Å². The van der Waals surface area contributed by atoms with Crippen molar-refractivity contribution in [3.8, 4) is 0 Å². The van der Waals surface area contributed by atoms with Crippen LogP contribution in [-0.4, -0.2) is 10.9 Å². The Kier molecular flexibility index (Phi) is 5.95. The van der Waals surface area contributed by atoms with Crippen LogP contribution in [0.4, 0.5) is 0 Å². The minimum atomic E-state index is 0.255. The van der Waals surface area contributed by atoms with Gasteiger partial charge in [-0.1, -0.05) is 65.1 Å². The zero-order valence-electron chi connectivity index (χ0n) is 19.7. The van der Waals surface area contributed by atoms with Crippen LogP contribution in [0, 0.1) is 46.3 Å². The summed E-state index contributed by atoms with van der Waals surface area (Å²) in [6.45, 7) is 12.4. The molecular weight excluding hydrogens is 354 g/mol. The standard InChI is InChI=1S/C27H45NO/c1-18(2)9-8-10-19(3)21-12-13-22-20-17-25(28-29)24-11-6-7-15-26(24,4)23(20)14-16-27(21,22)5/h11,18-23,29H,6-10,12-17H2,1-5H3/b28-25-/t19-,20+,21-,22+,23+,26-,27-/m1/s1. The number of rotatable bonds is 5. The Balaban J connectivity index is 1.55. The van der Waals surface area contributed by atoms with Gasteiger partial charge in [0.2, 0.25) is 0 Å². The molecule has 0 aromatic heterocycles. The van der Waals surface area contributed by atoms with Gasteiger partial charge in [0.25, 0.3) is 0 Å². The van der Waals surface area contributed by atoms with Gasteiger partial charge in [-0.15, -0.1) is 0 Å². The quantitative estimate of drug-likeness (QED) is 0.370. The largest absolute Gasteiger partial charge is 0.411 e. The number of hydrogen-bond acceptors (Lipinski definition) is 2. The summed E-state index contributed by atoms with van der Waals surface area (Å²) in [6.07, 6.45) is 17.0. The molecule has 164 valence electrons. The first-order valence-corrected chi connectivity index (χ1v) is 12.7. The summed E-state index contributed by atoms with van der Waals surface area (Å²) in [6, 6.07) is 0. The average molecular weight is 400 g/mol. The monoisotopic (exact) mass is 399 g/mol. The molecule has 2 nitrogen and oxygen atoms in total. The van der Waals surface area contributed by atoms with Crippen LogP contribution in [0.25, 0.3) is 0 Å². The molecule has 0 amide bonds. The second kappa shape index (κ2) is 8.04. The predicted octanol–water partition coefficient (Wildman–Crippen LogP) is 7.86. The van der Waals surface area contributed by atoms with Crippen molar-refractivity contribution in [1.29, 1.82) is 0 Å². The molecule has 0 aromatic rings. The lowest BCUT2D eigenvalue weighted by atomic mass is 9.46. The molecule has 29 heavy (non-hydrogen) atoms. The molecule has 3 saturated carbocycles. The van der Waals surface area contributed by atoms with Crippen LogP contribution in [0.5, 0.6) is 0 Å².